The van der Waals surface area contributed by atoms with Gasteiger partial charge < -0.3 is 20.5 Å². The average molecular weight is 294 g/mol. The number of nitrogens with one attached hydrogen (secondary N) is 2. The number of aromatic nitrogens is 2. The van der Waals surface area contributed by atoms with Gasteiger partial charge in [-0.3, -0.25) is 9.48 Å². The lowest BCUT2D eigenvalue weighted by Crippen LogP contribution is -2.36. The number of aliphatic carboxylic acids is 1. The smallest absolute Gasteiger partial charge is 0.319 e. The van der Waals surface area contributed by atoms with E-state index in [0.29, 0.717) is 25.3 Å². The van der Waals surface area contributed by atoms with Crippen molar-refractivity contribution in [1.82, 2.24) is 15.1 Å². The minimum absolute atomic E-state index is 0.269. The van der Waals surface area contributed by atoms with Crippen LogP contribution in [-0.2, 0) is 16.1 Å². The first-order valence-electron chi connectivity index (χ1n) is 6.58. The van der Waals surface area contributed by atoms with Gasteiger partial charge in [0.1, 0.15) is 0 Å². The quantitative estimate of drug-likeness (QED) is 0.669. The lowest BCUT2D eigenvalue weighted by atomic mass is 10.1. The van der Waals surface area contributed by atoms with Gasteiger partial charge in [0.2, 0.25) is 0 Å². The molecule has 0 aliphatic heterocycles. The van der Waals surface area contributed by atoms with Gasteiger partial charge in [0.05, 0.1) is 37.0 Å². The predicted molar refractivity (Wildman–Crippen MR) is 74.9 cm³/mol. The van der Waals surface area contributed by atoms with E-state index in [9.17, 15) is 9.59 Å². The number of ether oxygens (including phenoxy) is 1. The number of carboxylic acid groups (broad SMARTS) is 1. The summed E-state index contributed by atoms with van der Waals surface area (Å²) < 4.78 is 6.60. The molecule has 114 valence electrons. The summed E-state index contributed by atoms with van der Waals surface area (Å²) >= 11 is 0. The number of carboxylic acids is 1. The van der Waals surface area contributed by atoms with Gasteiger partial charge in [-0.25, -0.2) is 4.79 Å². The average Bonchev–Trinajstić information content (AvgIpc) is 3.06. The van der Waals surface area contributed by atoms with Crippen molar-refractivity contribution in [1.29, 1.82) is 0 Å². The highest BCUT2D eigenvalue weighted by Crippen LogP contribution is 2.18. The summed E-state index contributed by atoms with van der Waals surface area (Å²) in [5.41, 5.74) is 0.570. The monoisotopic (exact) mass is 294 g/mol. The van der Waals surface area contributed by atoms with E-state index in [-0.39, 0.29) is 12.1 Å². The van der Waals surface area contributed by atoms with E-state index >= 15 is 0 Å². The number of methoxy groups -OCH3 is 1. The Morgan fingerprint density at radius 3 is 3.00 bits per heavy atom. The molecule has 0 saturated carbocycles. The Morgan fingerprint density at radius 1 is 1.52 bits per heavy atom. The van der Waals surface area contributed by atoms with Crippen LogP contribution in [0.4, 0.5) is 10.5 Å². The van der Waals surface area contributed by atoms with Crippen molar-refractivity contribution in [3.63, 3.8) is 0 Å². The van der Waals surface area contributed by atoms with Crippen molar-refractivity contribution in [2.24, 2.45) is 5.92 Å². The highest BCUT2D eigenvalue weighted by molar-refractivity contribution is 5.89. The van der Waals surface area contributed by atoms with Gasteiger partial charge >= 0.3 is 12.0 Å². The fraction of sp³-hybridized carbons (Fsp3) is 0.462. The van der Waals surface area contributed by atoms with Crippen molar-refractivity contribution >= 4 is 17.7 Å². The normalized spacial score (nSPS) is 20.4. The van der Waals surface area contributed by atoms with Crippen molar-refractivity contribution in [2.45, 2.75) is 19.0 Å². The molecule has 8 nitrogen and oxygen atoms in total. The molecule has 2 amide bonds. The predicted octanol–water partition coefficient (Wildman–Crippen LogP) is 0.680. The molecule has 1 heterocycles. The van der Waals surface area contributed by atoms with Crippen molar-refractivity contribution in [2.75, 3.05) is 19.0 Å². The third-order valence-electron chi connectivity index (χ3n) is 3.13. The van der Waals surface area contributed by atoms with E-state index in [1.807, 2.05) is 0 Å². The summed E-state index contributed by atoms with van der Waals surface area (Å²) in [6.07, 6.45) is 6.90. The maximum absolute atomic E-state index is 11.8. The minimum atomic E-state index is -0.879. The van der Waals surface area contributed by atoms with E-state index in [1.54, 1.807) is 36.3 Å². The fourth-order valence-corrected chi connectivity index (χ4v) is 2.06. The first-order valence-corrected chi connectivity index (χ1v) is 6.58. The highest BCUT2D eigenvalue weighted by Gasteiger charge is 2.25. The van der Waals surface area contributed by atoms with E-state index in [2.05, 4.69) is 15.7 Å². The third kappa shape index (κ3) is 4.32. The summed E-state index contributed by atoms with van der Waals surface area (Å²) in [5.74, 6) is -1.41. The first kappa shape index (κ1) is 15.0. The standard InChI is InChI=1S/C13H18N4O4/c1-21-5-4-17-8-11(7-14-17)16-13(20)15-10-3-2-9(6-10)12(18)19/h2-3,7-10H,4-6H2,1H3,(H,18,19)(H2,15,16,20). The van der Waals surface area contributed by atoms with Crippen LogP contribution in [-0.4, -0.2) is 46.6 Å². The number of nitrogens with zero attached hydrogens (tertiary/aromatic N) is 2. The number of carbonyl (C=O) groups is 2. The van der Waals surface area contributed by atoms with Crippen LogP contribution in [0.15, 0.2) is 24.5 Å². The Bertz CT molecular complexity index is 540. The van der Waals surface area contributed by atoms with E-state index in [1.165, 1.54) is 0 Å². The largest absolute Gasteiger partial charge is 0.481 e. The fourth-order valence-electron chi connectivity index (χ4n) is 2.06. The molecule has 0 aromatic carbocycles. The maximum Gasteiger partial charge on any atom is 0.319 e. The zero-order valence-electron chi connectivity index (χ0n) is 11.7. The van der Waals surface area contributed by atoms with Crippen LogP contribution in [0.3, 0.4) is 0 Å². The second-order valence-electron chi connectivity index (χ2n) is 4.76. The number of rotatable bonds is 6. The number of urea groups is 1. The zero-order valence-corrected chi connectivity index (χ0v) is 11.7. The molecule has 2 unspecified atom stereocenters. The second-order valence-corrected chi connectivity index (χ2v) is 4.76. The minimum Gasteiger partial charge on any atom is -0.481 e. The highest BCUT2D eigenvalue weighted by atomic mass is 16.5. The molecule has 1 aromatic heterocycles. The summed E-state index contributed by atoms with van der Waals surface area (Å²) in [6.45, 7) is 1.14. The molecule has 1 aromatic rings. The molecule has 1 aliphatic rings. The molecule has 2 atom stereocenters. The number of hydrogen-bond donors (Lipinski definition) is 3. The molecular formula is C13H18N4O4. The summed E-state index contributed by atoms with van der Waals surface area (Å²) in [5, 5.41) is 18.3. The molecule has 1 aliphatic carbocycles. The van der Waals surface area contributed by atoms with Crippen LogP contribution in [0, 0.1) is 5.92 Å². The van der Waals surface area contributed by atoms with Crippen LogP contribution >= 0.6 is 0 Å². The molecule has 8 heteroatoms. The van der Waals surface area contributed by atoms with Gasteiger partial charge in [0.15, 0.2) is 0 Å². The van der Waals surface area contributed by atoms with Crippen LogP contribution in [0.2, 0.25) is 0 Å². The van der Waals surface area contributed by atoms with Crippen molar-refractivity contribution in [3.8, 4) is 0 Å². The van der Waals surface area contributed by atoms with Crippen molar-refractivity contribution < 1.29 is 19.4 Å². The van der Waals surface area contributed by atoms with Crippen LogP contribution < -0.4 is 10.6 Å². The molecular weight excluding hydrogens is 276 g/mol. The molecule has 0 radical (unpaired) electrons. The summed E-state index contributed by atoms with van der Waals surface area (Å²) in [7, 11) is 1.61. The molecule has 2 rings (SSSR count). The first-order chi connectivity index (χ1) is 10.1. The molecule has 3 N–H and O–H groups in total. The Balaban J connectivity index is 1.78. The van der Waals surface area contributed by atoms with Crippen LogP contribution in [0.5, 0.6) is 0 Å². The van der Waals surface area contributed by atoms with E-state index in [0.717, 1.165) is 0 Å². The Morgan fingerprint density at radius 2 is 2.33 bits per heavy atom. The molecule has 0 bridgehead atoms. The van der Waals surface area contributed by atoms with Crippen LogP contribution in [0.1, 0.15) is 6.42 Å². The van der Waals surface area contributed by atoms with Crippen LogP contribution in [0.25, 0.3) is 0 Å². The zero-order chi connectivity index (χ0) is 15.2. The number of amides is 2. The Labute approximate surface area is 121 Å². The molecule has 0 fully saturated rings. The maximum atomic E-state index is 11.8. The van der Waals surface area contributed by atoms with Gasteiger partial charge in [-0.2, -0.15) is 5.10 Å². The molecule has 0 saturated heterocycles. The molecule has 0 spiro atoms. The van der Waals surface area contributed by atoms with Crippen molar-refractivity contribution in [3.05, 3.63) is 24.5 Å². The van der Waals surface area contributed by atoms with Gasteiger partial charge in [0.25, 0.3) is 0 Å². The second kappa shape index (κ2) is 6.89. The van der Waals surface area contributed by atoms with Gasteiger partial charge in [-0.1, -0.05) is 12.2 Å². The SMILES string of the molecule is COCCn1cc(NC(=O)NC2C=CC(C(=O)O)C2)cn1. The van der Waals surface area contributed by atoms with Gasteiger partial charge in [-0.15, -0.1) is 0 Å². The van der Waals surface area contributed by atoms with E-state index in [4.69, 9.17) is 9.84 Å². The Hall–Kier alpha value is -2.35. The van der Waals surface area contributed by atoms with Gasteiger partial charge in [0, 0.05) is 13.3 Å². The number of anilines is 1. The summed E-state index contributed by atoms with van der Waals surface area (Å²) in [6, 6.07) is -0.656. The Kier molecular flexibility index (Phi) is 4.94. The van der Waals surface area contributed by atoms with Gasteiger partial charge in [-0.05, 0) is 6.42 Å². The summed E-state index contributed by atoms with van der Waals surface area (Å²) in [4.78, 5) is 22.6. The number of carbonyl (C=O) groups excluding carboxylic acids is 1. The topological polar surface area (TPSA) is 105 Å². The number of hydrogen-bond acceptors (Lipinski definition) is 4. The lowest BCUT2D eigenvalue weighted by Gasteiger charge is -2.12. The third-order valence-corrected chi connectivity index (χ3v) is 3.13. The lowest BCUT2D eigenvalue weighted by molar-refractivity contribution is -0.140. The van der Waals surface area contributed by atoms with E-state index < -0.39 is 11.9 Å². The molecule has 21 heavy (non-hydrogen) atoms.